The molecule has 1 amide bonds. The zero-order chi connectivity index (χ0) is 22.0. The Morgan fingerprint density at radius 3 is 2.74 bits per heavy atom. The van der Waals surface area contributed by atoms with E-state index in [0.29, 0.717) is 29.2 Å². The van der Waals surface area contributed by atoms with E-state index < -0.39 is 5.60 Å². The number of carbonyl (C=O) groups excluding carboxylic acids is 1. The van der Waals surface area contributed by atoms with Gasteiger partial charge in [-0.05, 0) is 63.1 Å². The summed E-state index contributed by atoms with van der Waals surface area (Å²) in [6.45, 7) is 5.85. The second kappa shape index (κ2) is 8.43. The van der Waals surface area contributed by atoms with E-state index in [2.05, 4.69) is 20.4 Å². The number of likely N-dealkylation sites (tertiary alicyclic amines) is 1. The second-order valence-electron chi connectivity index (χ2n) is 8.28. The predicted octanol–water partition coefficient (Wildman–Crippen LogP) is 2.36. The van der Waals surface area contributed by atoms with Crippen molar-refractivity contribution in [2.24, 2.45) is 0 Å². The molecule has 1 N–H and O–H groups in total. The van der Waals surface area contributed by atoms with Crippen LogP contribution in [-0.2, 0) is 5.60 Å². The number of rotatable bonds is 5. The lowest BCUT2D eigenvalue weighted by atomic mass is 9.98. The number of aliphatic hydroxyl groups is 1. The molecule has 0 aliphatic carbocycles. The highest BCUT2D eigenvalue weighted by Gasteiger charge is 2.33. The van der Waals surface area contributed by atoms with Crippen LogP contribution in [0.2, 0.25) is 0 Å². The fourth-order valence-corrected chi connectivity index (χ4v) is 3.82. The molecule has 3 heterocycles. The highest BCUT2D eigenvalue weighted by molar-refractivity contribution is 5.98. The molecule has 9 heteroatoms. The van der Waals surface area contributed by atoms with Crippen molar-refractivity contribution >= 4 is 5.91 Å². The van der Waals surface area contributed by atoms with Gasteiger partial charge in [-0.1, -0.05) is 12.1 Å². The molecule has 3 aromatic rings. The molecule has 0 bridgehead atoms. The van der Waals surface area contributed by atoms with Crippen LogP contribution in [0.4, 0.5) is 0 Å². The third-order valence-corrected chi connectivity index (χ3v) is 5.51. The summed E-state index contributed by atoms with van der Waals surface area (Å²) in [6, 6.07) is 10.8. The smallest absolute Gasteiger partial charge is 0.256 e. The first-order valence-electron chi connectivity index (χ1n) is 10.3. The number of amides is 1. The van der Waals surface area contributed by atoms with Crippen molar-refractivity contribution in [2.45, 2.75) is 51.4 Å². The zero-order valence-corrected chi connectivity index (χ0v) is 17.8. The average molecular weight is 422 g/mol. The van der Waals surface area contributed by atoms with Crippen LogP contribution >= 0.6 is 0 Å². The van der Waals surface area contributed by atoms with Gasteiger partial charge in [0.25, 0.3) is 5.91 Å². The average Bonchev–Trinajstić information content (AvgIpc) is 3.29. The molecule has 0 unspecified atom stereocenters. The molecular weight excluding hydrogens is 396 g/mol. The molecule has 0 radical (unpaired) electrons. The molecule has 1 aliphatic rings. The molecule has 1 aromatic carbocycles. The fourth-order valence-electron chi connectivity index (χ4n) is 3.82. The van der Waals surface area contributed by atoms with Gasteiger partial charge in [0.15, 0.2) is 6.33 Å². The number of benzene rings is 1. The van der Waals surface area contributed by atoms with Gasteiger partial charge in [0, 0.05) is 17.8 Å². The Balaban J connectivity index is 1.57. The van der Waals surface area contributed by atoms with Crippen LogP contribution in [0.3, 0.4) is 0 Å². The molecule has 1 fully saturated rings. The molecule has 162 valence electrons. The first-order chi connectivity index (χ1) is 14.8. The number of ether oxygens (including phenoxy) is 1. The van der Waals surface area contributed by atoms with Crippen LogP contribution in [0.25, 0.3) is 5.69 Å². The van der Waals surface area contributed by atoms with Crippen LogP contribution in [0.15, 0.2) is 48.9 Å². The topological polar surface area (TPSA) is 106 Å². The number of hydrogen-bond acceptors (Lipinski definition) is 7. The molecule has 0 spiro atoms. The molecule has 2 atom stereocenters. The number of hydrogen-bond donors (Lipinski definition) is 1. The van der Waals surface area contributed by atoms with Crippen molar-refractivity contribution < 1.29 is 14.6 Å². The van der Waals surface area contributed by atoms with Gasteiger partial charge in [0.05, 0.1) is 17.7 Å². The fraction of sp³-hybridized carbons (Fsp3) is 0.409. The maximum atomic E-state index is 13.5. The zero-order valence-electron chi connectivity index (χ0n) is 17.8. The van der Waals surface area contributed by atoms with Crippen molar-refractivity contribution in [1.82, 2.24) is 30.1 Å². The Kier molecular flexibility index (Phi) is 5.69. The van der Waals surface area contributed by atoms with Gasteiger partial charge in [-0.3, -0.25) is 4.79 Å². The van der Waals surface area contributed by atoms with Gasteiger partial charge in [-0.2, -0.15) is 0 Å². The van der Waals surface area contributed by atoms with Crippen molar-refractivity contribution in [3.8, 4) is 11.6 Å². The highest BCUT2D eigenvalue weighted by atomic mass is 16.5. The lowest BCUT2D eigenvalue weighted by Crippen LogP contribution is -2.49. The number of carbonyl (C=O) groups is 1. The summed E-state index contributed by atoms with van der Waals surface area (Å²) in [5.41, 5.74) is 0.622. The summed E-state index contributed by atoms with van der Waals surface area (Å²) in [6.07, 6.45) is 4.33. The van der Waals surface area contributed by atoms with E-state index in [1.807, 2.05) is 24.0 Å². The van der Waals surface area contributed by atoms with E-state index in [0.717, 1.165) is 12.8 Å². The monoisotopic (exact) mass is 422 g/mol. The Labute approximate surface area is 180 Å². The Morgan fingerprint density at radius 1 is 1.19 bits per heavy atom. The molecule has 4 rings (SSSR count). The van der Waals surface area contributed by atoms with Crippen molar-refractivity contribution in [3.63, 3.8) is 0 Å². The predicted molar refractivity (Wildman–Crippen MR) is 113 cm³/mol. The first-order valence-corrected chi connectivity index (χ1v) is 10.3. The molecule has 31 heavy (non-hydrogen) atoms. The molecule has 0 saturated carbocycles. The number of piperidine rings is 1. The van der Waals surface area contributed by atoms with Gasteiger partial charge in [0.2, 0.25) is 5.88 Å². The summed E-state index contributed by atoms with van der Waals surface area (Å²) < 4.78 is 6.18. The van der Waals surface area contributed by atoms with Gasteiger partial charge >= 0.3 is 0 Å². The Morgan fingerprint density at radius 2 is 2.00 bits per heavy atom. The van der Waals surface area contributed by atoms with Crippen LogP contribution < -0.4 is 4.74 Å². The van der Waals surface area contributed by atoms with Gasteiger partial charge in [0.1, 0.15) is 11.8 Å². The molecule has 2 aromatic heterocycles. The van der Waals surface area contributed by atoms with Gasteiger partial charge in [-0.25, -0.2) is 4.98 Å². The molecule has 1 aliphatic heterocycles. The number of pyridine rings is 1. The third-order valence-electron chi connectivity index (χ3n) is 5.51. The summed E-state index contributed by atoms with van der Waals surface area (Å²) in [7, 11) is 0. The van der Waals surface area contributed by atoms with Crippen molar-refractivity contribution in [3.05, 3.63) is 60.0 Å². The van der Waals surface area contributed by atoms with E-state index in [1.54, 1.807) is 44.3 Å². The summed E-state index contributed by atoms with van der Waals surface area (Å²) in [4.78, 5) is 21.0. The Hall–Kier alpha value is -3.33. The lowest BCUT2D eigenvalue weighted by Gasteiger charge is -2.38. The van der Waals surface area contributed by atoms with Gasteiger partial charge < -0.3 is 14.7 Å². The molecule has 9 nitrogen and oxygen atoms in total. The summed E-state index contributed by atoms with van der Waals surface area (Å²) in [5.74, 6) is 0.284. The normalized spacial score (nSPS) is 19.3. The largest absolute Gasteiger partial charge is 0.472 e. The number of nitrogens with zero attached hydrogens (tertiary/aromatic N) is 6. The van der Waals surface area contributed by atoms with Gasteiger partial charge in [-0.15, -0.1) is 15.0 Å². The maximum Gasteiger partial charge on any atom is 0.256 e. The minimum atomic E-state index is -1.08. The Bertz CT molecular complexity index is 1050. The maximum absolute atomic E-state index is 13.5. The van der Waals surface area contributed by atoms with E-state index in [1.165, 1.54) is 11.1 Å². The number of para-hydroxylation sites is 1. The number of aromatic nitrogens is 5. The minimum absolute atomic E-state index is 0.0570. The standard InChI is InChI=1S/C22H26N6O3/c1-15-10-11-16(31-20-18(22(2,3)30)8-6-12-23-20)13-27(15)21(29)17-7-4-5-9-19(17)28-25-14-24-26-28/h4-9,12,14-16,30H,10-11,13H2,1-3H3/t15-,16-/m1/s1. The van der Waals surface area contributed by atoms with Crippen LogP contribution in [-0.4, -0.2) is 59.8 Å². The highest BCUT2D eigenvalue weighted by Crippen LogP contribution is 2.30. The molecule has 1 saturated heterocycles. The van der Waals surface area contributed by atoms with Crippen LogP contribution in [0.1, 0.15) is 49.5 Å². The minimum Gasteiger partial charge on any atom is -0.472 e. The van der Waals surface area contributed by atoms with Crippen molar-refractivity contribution in [1.29, 1.82) is 0 Å². The lowest BCUT2D eigenvalue weighted by molar-refractivity contribution is 0.0325. The van der Waals surface area contributed by atoms with E-state index in [-0.39, 0.29) is 18.1 Å². The second-order valence-corrected chi connectivity index (χ2v) is 8.28. The van der Waals surface area contributed by atoms with E-state index in [4.69, 9.17) is 4.74 Å². The molecular formula is C22H26N6O3. The van der Waals surface area contributed by atoms with Crippen LogP contribution in [0, 0.1) is 0 Å². The van der Waals surface area contributed by atoms with E-state index >= 15 is 0 Å². The van der Waals surface area contributed by atoms with E-state index in [9.17, 15) is 9.90 Å². The van der Waals surface area contributed by atoms with Crippen molar-refractivity contribution in [2.75, 3.05) is 6.54 Å². The third kappa shape index (κ3) is 4.41. The number of tetrazole rings is 1. The quantitative estimate of drug-likeness (QED) is 0.673. The SMILES string of the molecule is C[C@@H]1CC[C@@H](Oc2ncccc2C(C)(C)O)CN1C(=O)c1ccccc1-n1ncnn1. The summed E-state index contributed by atoms with van der Waals surface area (Å²) >= 11 is 0. The first kappa shape index (κ1) is 20.9. The summed E-state index contributed by atoms with van der Waals surface area (Å²) in [5, 5.41) is 22.2. The van der Waals surface area contributed by atoms with Crippen LogP contribution in [0.5, 0.6) is 5.88 Å².